The van der Waals surface area contributed by atoms with Crippen molar-refractivity contribution < 1.29 is 5.11 Å². The van der Waals surface area contributed by atoms with Crippen LogP contribution in [0.25, 0.3) is 10.9 Å². The topological polar surface area (TPSA) is 43.0 Å². The van der Waals surface area contributed by atoms with E-state index in [2.05, 4.69) is 34.8 Å². The van der Waals surface area contributed by atoms with Crippen molar-refractivity contribution in [2.75, 3.05) is 0 Å². The van der Waals surface area contributed by atoms with E-state index < -0.39 is 0 Å². The quantitative estimate of drug-likeness (QED) is 0.791. The van der Waals surface area contributed by atoms with Gasteiger partial charge in [-0.25, -0.2) is 0 Å². The molecule has 0 saturated carbocycles. The van der Waals surface area contributed by atoms with Crippen molar-refractivity contribution >= 4 is 10.9 Å². The predicted octanol–water partition coefficient (Wildman–Crippen LogP) is 2.71. The molecule has 1 N–H and O–H groups in total. The number of para-hydroxylation sites is 1. The minimum atomic E-state index is 0.0690. The number of aliphatic hydroxyl groups is 1. The first-order valence-corrected chi connectivity index (χ1v) is 6.94. The maximum Gasteiger partial charge on any atom is 0.0702 e. The fraction of sp³-hybridized carbons (Fsp3) is 0.312. The highest BCUT2D eigenvalue weighted by atomic mass is 16.3. The summed E-state index contributed by atoms with van der Waals surface area (Å²) in [5.41, 5.74) is 4.36. The van der Waals surface area contributed by atoms with Gasteiger partial charge in [0.15, 0.2) is 0 Å². The van der Waals surface area contributed by atoms with Gasteiger partial charge in [-0.1, -0.05) is 18.2 Å². The number of aromatic nitrogens is 3. The van der Waals surface area contributed by atoms with Crippen LogP contribution in [0.5, 0.6) is 0 Å². The van der Waals surface area contributed by atoms with E-state index in [9.17, 15) is 5.11 Å². The maximum atomic E-state index is 9.49. The molecule has 4 nitrogen and oxygen atoms in total. The van der Waals surface area contributed by atoms with E-state index >= 15 is 0 Å². The van der Waals surface area contributed by atoms with E-state index in [0.717, 1.165) is 35.2 Å². The Morgan fingerprint density at radius 2 is 2.05 bits per heavy atom. The van der Waals surface area contributed by atoms with Gasteiger partial charge in [0.05, 0.1) is 24.5 Å². The first kappa shape index (κ1) is 12.9. The van der Waals surface area contributed by atoms with Crippen molar-refractivity contribution in [3.05, 3.63) is 53.5 Å². The monoisotopic (exact) mass is 269 g/mol. The molecule has 104 valence electrons. The van der Waals surface area contributed by atoms with Crippen molar-refractivity contribution in [3.8, 4) is 0 Å². The van der Waals surface area contributed by atoms with Crippen LogP contribution in [0.3, 0.4) is 0 Å². The number of hydrogen-bond acceptors (Lipinski definition) is 2. The SMILES string of the molecule is CCn1nc(C)cc1Cn1cc(CO)c2ccccc21. The van der Waals surface area contributed by atoms with Crippen LogP contribution in [-0.4, -0.2) is 19.5 Å². The van der Waals surface area contributed by atoms with Crippen molar-refractivity contribution in [3.63, 3.8) is 0 Å². The van der Waals surface area contributed by atoms with Crippen LogP contribution in [0.1, 0.15) is 23.9 Å². The van der Waals surface area contributed by atoms with E-state index in [1.54, 1.807) is 0 Å². The molecule has 0 aliphatic carbocycles. The Morgan fingerprint density at radius 3 is 2.80 bits per heavy atom. The average Bonchev–Trinajstić information content (AvgIpc) is 3.00. The smallest absolute Gasteiger partial charge is 0.0702 e. The normalized spacial score (nSPS) is 11.3. The first-order chi connectivity index (χ1) is 9.72. The maximum absolute atomic E-state index is 9.49. The lowest BCUT2D eigenvalue weighted by Crippen LogP contribution is -2.07. The third-order valence-corrected chi connectivity index (χ3v) is 3.66. The van der Waals surface area contributed by atoms with Gasteiger partial charge in [-0.3, -0.25) is 4.68 Å². The van der Waals surface area contributed by atoms with Gasteiger partial charge >= 0.3 is 0 Å². The molecule has 2 aromatic heterocycles. The third-order valence-electron chi connectivity index (χ3n) is 3.66. The van der Waals surface area contributed by atoms with Gasteiger partial charge in [0.2, 0.25) is 0 Å². The van der Waals surface area contributed by atoms with E-state index in [1.165, 1.54) is 5.69 Å². The Morgan fingerprint density at radius 1 is 1.25 bits per heavy atom. The van der Waals surface area contributed by atoms with Gasteiger partial charge in [-0.15, -0.1) is 0 Å². The van der Waals surface area contributed by atoms with Crippen LogP contribution in [0.2, 0.25) is 0 Å². The molecule has 20 heavy (non-hydrogen) atoms. The number of aliphatic hydroxyl groups excluding tert-OH is 1. The van der Waals surface area contributed by atoms with Crippen molar-refractivity contribution in [1.82, 2.24) is 14.3 Å². The Balaban J connectivity index is 2.06. The van der Waals surface area contributed by atoms with Gasteiger partial charge in [-0.05, 0) is 26.0 Å². The summed E-state index contributed by atoms with van der Waals surface area (Å²) in [6, 6.07) is 10.3. The summed E-state index contributed by atoms with van der Waals surface area (Å²) >= 11 is 0. The van der Waals surface area contributed by atoms with Gasteiger partial charge in [0.25, 0.3) is 0 Å². The summed E-state index contributed by atoms with van der Waals surface area (Å²) in [7, 11) is 0. The van der Waals surface area contributed by atoms with Crippen molar-refractivity contribution in [1.29, 1.82) is 0 Å². The Labute approximate surface area is 118 Å². The average molecular weight is 269 g/mol. The Kier molecular flexibility index (Phi) is 3.32. The molecule has 1 aromatic carbocycles. The number of rotatable bonds is 4. The van der Waals surface area contributed by atoms with Gasteiger partial charge in [-0.2, -0.15) is 5.10 Å². The highest BCUT2D eigenvalue weighted by Gasteiger charge is 2.10. The second kappa shape index (κ2) is 5.13. The number of aryl methyl sites for hydroxylation is 2. The van der Waals surface area contributed by atoms with Gasteiger partial charge in [0, 0.05) is 29.2 Å². The van der Waals surface area contributed by atoms with E-state index in [-0.39, 0.29) is 6.61 Å². The van der Waals surface area contributed by atoms with Crippen molar-refractivity contribution in [2.45, 2.75) is 33.5 Å². The second-order valence-electron chi connectivity index (χ2n) is 5.05. The van der Waals surface area contributed by atoms with Crippen LogP contribution in [0.4, 0.5) is 0 Å². The molecule has 0 aliphatic heterocycles. The summed E-state index contributed by atoms with van der Waals surface area (Å²) in [6.07, 6.45) is 2.03. The lowest BCUT2D eigenvalue weighted by molar-refractivity contribution is 0.283. The fourth-order valence-corrected chi connectivity index (χ4v) is 2.75. The molecule has 0 bridgehead atoms. The second-order valence-corrected chi connectivity index (χ2v) is 5.05. The molecule has 0 amide bonds. The molecule has 0 aliphatic rings. The van der Waals surface area contributed by atoms with Crippen LogP contribution < -0.4 is 0 Å². The zero-order valence-corrected chi connectivity index (χ0v) is 11.9. The minimum absolute atomic E-state index is 0.0690. The summed E-state index contributed by atoms with van der Waals surface area (Å²) in [6.45, 7) is 5.83. The van der Waals surface area contributed by atoms with E-state index in [4.69, 9.17) is 0 Å². The molecule has 0 fully saturated rings. The lowest BCUT2D eigenvalue weighted by Gasteiger charge is -2.07. The summed E-state index contributed by atoms with van der Waals surface area (Å²) in [5, 5.41) is 15.1. The van der Waals surface area contributed by atoms with Crippen LogP contribution in [-0.2, 0) is 19.7 Å². The van der Waals surface area contributed by atoms with E-state index in [1.807, 2.05) is 29.9 Å². The molecule has 0 atom stereocenters. The van der Waals surface area contributed by atoms with Crippen LogP contribution in [0, 0.1) is 6.92 Å². The summed E-state index contributed by atoms with van der Waals surface area (Å²) < 4.78 is 4.21. The predicted molar refractivity (Wildman–Crippen MR) is 79.6 cm³/mol. The molecule has 2 heterocycles. The molecule has 3 rings (SSSR count). The van der Waals surface area contributed by atoms with Gasteiger partial charge in [0.1, 0.15) is 0 Å². The standard InChI is InChI=1S/C16H19N3O/c1-3-19-14(8-12(2)17-19)10-18-9-13(11-20)15-6-4-5-7-16(15)18/h4-9,20H,3,10-11H2,1-2H3. The Hall–Kier alpha value is -2.07. The molecular formula is C16H19N3O. The molecule has 3 aromatic rings. The zero-order valence-electron chi connectivity index (χ0n) is 11.9. The largest absolute Gasteiger partial charge is 0.392 e. The van der Waals surface area contributed by atoms with Crippen LogP contribution >= 0.6 is 0 Å². The lowest BCUT2D eigenvalue weighted by atomic mass is 10.2. The third kappa shape index (κ3) is 2.12. The fourth-order valence-electron chi connectivity index (χ4n) is 2.75. The Bertz CT molecular complexity index is 739. The molecule has 0 unspecified atom stereocenters. The zero-order chi connectivity index (χ0) is 14.1. The highest BCUT2D eigenvalue weighted by molar-refractivity contribution is 5.83. The molecule has 0 radical (unpaired) electrons. The van der Waals surface area contributed by atoms with Crippen molar-refractivity contribution in [2.24, 2.45) is 0 Å². The summed E-state index contributed by atoms with van der Waals surface area (Å²) in [5.74, 6) is 0. The highest BCUT2D eigenvalue weighted by Crippen LogP contribution is 2.22. The molecule has 4 heteroatoms. The van der Waals surface area contributed by atoms with Gasteiger partial charge < -0.3 is 9.67 Å². The van der Waals surface area contributed by atoms with E-state index in [0.29, 0.717) is 0 Å². The first-order valence-electron chi connectivity index (χ1n) is 6.94. The number of nitrogens with zero attached hydrogens (tertiary/aromatic N) is 3. The molecule has 0 spiro atoms. The van der Waals surface area contributed by atoms with Crippen LogP contribution in [0.15, 0.2) is 36.5 Å². The molecule has 0 saturated heterocycles. The number of benzene rings is 1. The summed E-state index contributed by atoms with van der Waals surface area (Å²) in [4.78, 5) is 0. The number of fused-ring (bicyclic) bond motifs is 1. The number of hydrogen-bond donors (Lipinski definition) is 1. The minimum Gasteiger partial charge on any atom is -0.392 e. The molecular weight excluding hydrogens is 250 g/mol.